The monoisotopic (exact) mass is 695 g/mol. The van der Waals surface area contributed by atoms with E-state index in [0.29, 0.717) is 18.4 Å². The van der Waals surface area contributed by atoms with Crippen molar-refractivity contribution < 1.29 is 28.7 Å². The molecule has 4 amide bonds. The molecule has 270 valence electrons. The van der Waals surface area contributed by atoms with Crippen molar-refractivity contribution in [1.82, 2.24) is 20.4 Å². The Bertz CT molecular complexity index is 1680. The number of fused-ring (bicyclic) bond motifs is 2. The van der Waals surface area contributed by atoms with Crippen LogP contribution < -0.4 is 15.5 Å². The highest BCUT2D eigenvalue weighted by Gasteiger charge is 2.51. The fraction of sp³-hybridized carbons (Fsp3) is 0.425. The van der Waals surface area contributed by atoms with Crippen LogP contribution in [0.5, 0.6) is 0 Å². The first-order valence-corrected chi connectivity index (χ1v) is 17.7. The first kappa shape index (κ1) is 37.1. The van der Waals surface area contributed by atoms with Gasteiger partial charge in [-0.15, -0.1) is 0 Å². The Morgan fingerprint density at radius 2 is 1.43 bits per heavy atom. The van der Waals surface area contributed by atoms with Gasteiger partial charge in [-0.2, -0.15) is 0 Å². The summed E-state index contributed by atoms with van der Waals surface area (Å²) in [5.74, 6) is -1.52. The molecule has 2 unspecified atom stereocenters. The van der Waals surface area contributed by atoms with Gasteiger partial charge in [-0.3, -0.25) is 19.2 Å². The lowest BCUT2D eigenvalue weighted by Crippen LogP contribution is -2.70. The number of nitrogens with zero attached hydrogens (tertiary/aromatic N) is 3. The van der Waals surface area contributed by atoms with Gasteiger partial charge in [0.2, 0.25) is 11.8 Å². The number of carbonyl (C=O) groups is 5. The number of ketones is 1. The van der Waals surface area contributed by atoms with Crippen molar-refractivity contribution in [1.29, 1.82) is 0 Å². The smallest absolute Gasteiger partial charge is 0.408 e. The molecule has 0 spiro atoms. The van der Waals surface area contributed by atoms with Gasteiger partial charge in [-0.05, 0) is 54.2 Å². The summed E-state index contributed by atoms with van der Waals surface area (Å²) in [4.78, 5) is 73.7. The molecule has 2 N–H and O–H groups in total. The molecule has 0 radical (unpaired) electrons. The summed E-state index contributed by atoms with van der Waals surface area (Å²) in [7, 11) is 3.84. The molecule has 11 nitrogen and oxygen atoms in total. The maximum atomic E-state index is 14.2. The third-order valence-electron chi connectivity index (χ3n) is 9.77. The van der Waals surface area contributed by atoms with E-state index in [0.717, 1.165) is 16.8 Å². The summed E-state index contributed by atoms with van der Waals surface area (Å²) in [5.41, 5.74) is 3.06. The SMILES string of the molecule is CC(C)C[C@H](NC(=O)c1ccc(N(C)C)cc1)C(=O)N1CC[C@@H]2C(C)C1C(=O)CN2C(=O)[C@H](Cc1ccccc1)NC(=O)OCc1ccccc1. The molecule has 2 aliphatic rings. The van der Waals surface area contributed by atoms with Crippen LogP contribution in [0.3, 0.4) is 0 Å². The minimum atomic E-state index is -0.968. The van der Waals surface area contributed by atoms with Gasteiger partial charge in [0.15, 0.2) is 5.78 Å². The van der Waals surface area contributed by atoms with Gasteiger partial charge in [0, 0.05) is 50.3 Å². The van der Waals surface area contributed by atoms with Crippen LogP contribution in [0.1, 0.15) is 55.1 Å². The van der Waals surface area contributed by atoms with Gasteiger partial charge < -0.3 is 30.1 Å². The van der Waals surface area contributed by atoms with Crippen molar-refractivity contribution in [2.45, 2.75) is 70.8 Å². The molecule has 0 aromatic heterocycles. The first-order valence-electron chi connectivity index (χ1n) is 17.7. The molecule has 3 aromatic carbocycles. The number of anilines is 1. The van der Waals surface area contributed by atoms with Crippen molar-refractivity contribution in [3.05, 3.63) is 102 Å². The van der Waals surface area contributed by atoms with Crippen LogP contribution in [0.2, 0.25) is 0 Å². The van der Waals surface area contributed by atoms with Gasteiger partial charge in [0.25, 0.3) is 5.91 Å². The molecule has 0 aliphatic carbocycles. The highest BCUT2D eigenvalue weighted by atomic mass is 16.5. The number of ether oxygens (including phenoxy) is 1. The van der Waals surface area contributed by atoms with E-state index < -0.39 is 24.2 Å². The van der Waals surface area contributed by atoms with Gasteiger partial charge >= 0.3 is 6.09 Å². The predicted octanol–water partition coefficient (Wildman–Crippen LogP) is 4.45. The Labute approximate surface area is 300 Å². The van der Waals surface area contributed by atoms with Gasteiger partial charge in [0.05, 0.1) is 12.6 Å². The van der Waals surface area contributed by atoms with Crippen molar-refractivity contribution >= 4 is 35.3 Å². The van der Waals surface area contributed by atoms with Gasteiger partial charge in [0.1, 0.15) is 18.7 Å². The van der Waals surface area contributed by atoms with E-state index >= 15 is 0 Å². The van der Waals surface area contributed by atoms with Crippen LogP contribution in [0.4, 0.5) is 10.5 Å². The fourth-order valence-electron chi connectivity index (χ4n) is 7.14. The van der Waals surface area contributed by atoms with Crippen LogP contribution in [0, 0.1) is 11.8 Å². The van der Waals surface area contributed by atoms with Crippen molar-refractivity contribution in [2.75, 3.05) is 32.1 Å². The van der Waals surface area contributed by atoms with Gasteiger partial charge in [-0.1, -0.05) is 81.4 Å². The average Bonchev–Trinajstić information content (AvgIpc) is 3.11. The largest absolute Gasteiger partial charge is 0.445 e. The summed E-state index contributed by atoms with van der Waals surface area (Å²) >= 11 is 0. The topological polar surface area (TPSA) is 128 Å². The third-order valence-corrected chi connectivity index (χ3v) is 9.77. The third kappa shape index (κ3) is 9.14. The summed E-state index contributed by atoms with van der Waals surface area (Å²) in [6.07, 6.45) is 0.351. The number of nitrogens with one attached hydrogen (secondary N) is 2. The average molecular weight is 696 g/mol. The quantitative estimate of drug-likeness (QED) is 0.287. The zero-order valence-electron chi connectivity index (χ0n) is 30.1. The predicted molar refractivity (Wildman–Crippen MR) is 195 cm³/mol. The van der Waals surface area contributed by atoms with Crippen LogP contribution in [-0.4, -0.2) is 90.8 Å². The Balaban J connectivity index is 1.29. The second-order valence-corrected chi connectivity index (χ2v) is 14.2. The number of carbonyl (C=O) groups excluding carboxylic acids is 5. The zero-order valence-corrected chi connectivity index (χ0v) is 30.1. The number of likely N-dealkylation sites (tertiary alicyclic amines) is 2. The lowest BCUT2D eigenvalue weighted by Gasteiger charge is -2.52. The molecule has 2 aliphatic heterocycles. The fourth-order valence-corrected chi connectivity index (χ4v) is 7.14. The molecule has 5 rings (SSSR count). The first-order chi connectivity index (χ1) is 24.4. The molecular weight excluding hydrogens is 646 g/mol. The molecule has 11 heteroatoms. The lowest BCUT2D eigenvalue weighted by molar-refractivity contribution is -0.160. The summed E-state index contributed by atoms with van der Waals surface area (Å²) in [6.45, 7) is 5.98. The summed E-state index contributed by atoms with van der Waals surface area (Å²) in [6, 6.07) is 23.0. The highest BCUT2D eigenvalue weighted by molar-refractivity contribution is 6.00. The Hall–Kier alpha value is -5.19. The summed E-state index contributed by atoms with van der Waals surface area (Å²) < 4.78 is 5.45. The number of rotatable bonds is 12. The second-order valence-electron chi connectivity index (χ2n) is 14.2. The van der Waals surface area contributed by atoms with Crippen molar-refractivity contribution in [3.8, 4) is 0 Å². The number of alkyl carbamates (subject to hydrolysis) is 1. The van der Waals surface area contributed by atoms with Crippen LogP contribution in [0.15, 0.2) is 84.9 Å². The standard InChI is InChI=1S/C40H49N5O6/c1-26(2)22-32(41-37(47)30-16-18-31(19-17-30)43(4)5)38(48)44-21-20-34-27(3)36(44)35(46)24-45(34)39(49)33(23-28-12-8-6-9-13-28)42-40(50)51-25-29-14-10-7-11-15-29/h6-19,26-27,32-34,36H,20-25H2,1-5H3,(H,41,47)(H,42,50)/t27?,32-,33-,34+,36?/m0/s1. The Morgan fingerprint density at radius 1 is 0.824 bits per heavy atom. The van der Waals surface area contributed by atoms with Crippen molar-refractivity contribution in [3.63, 3.8) is 0 Å². The molecule has 2 saturated heterocycles. The molecule has 3 aromatic rings. The number of amides is 4. The lowest BCUT2D eigenvalue weighted by atomic mass is 9.78. The van der Waals surface area contributed by atoms with E-state index in [1.54, 1.807) is 21.9 Å². The molecular formula is C40H49N5O6. The zero-order chi connectivity index (χ0) is 36.7. The van der Waals surface area contributed by atoms with E-state index in [9.17, 15) is 24.0 Å². The normalized spacial score (nSPS) is 19.6. The van der Waals surface area contributed by atoms with E-state index in [4.69, 9.17) is 4.74 Å². The van der Waals surface area contributed by atoms with E-state index in [1.807, 2.05) is 113 Å². The number of hydrogen-bond donors (Lipinski definition) is 2. The van der Waals surface area contributed by atoms with E-state index in [2.05, 4.69) is 10.6 Å². The minimum absolute atomic E-state index is 0.0489. The number of hydrogen-bond acceptors (Lipinski definition) is 7. The van der Waals surface area contributed by atoms with Crippen LogP contribution >= 0.6 is 0 Å². The second kappa shape index (κ2) is 16.7. The maximum absolute atomic E-state index is 14.2. The van der Waals surface area contributed by atoms with E-state index in [-0.39, 0.29) is 67.5 Å². The maximum Gasteiger partial charge on any atom is 0.408 e. The molecule has 0 saturated carbocycles. The molecule has 2 heterocycles. The Morgan fingerprint density at radius 3 is 2.04 bits per heavy atom. The number of Topliss-reactive ketones (excluding diaryl/α,β-unsaturated/α-hetero) is 1. The number of benzene rings is 3. The molecule has 51 heavy (non-hydrogen) atoms. The van der Waals surface area contributed by atoms with Crippen LogP contribution in [-0.2, 0) is 32.1 Å². The van der Waals surface area contributed by atoms with Crippen molar-refractivity contribution in [2.24, 2.45) is 11.8 Å². The molecule has 5 atom stereocenters. The molecule has 2 fully saturated rings. The number of piperidine rings is 2. The molecule has 2 bridgehead atoms. The minimum Gasteiger partial charge on any atom is -0.445 e. The van der Waals surface area contributed by atoms with E-state index in [1.165, 1.54) is 0 Å². The highest BCUT2D eigenvalue weighted by Crippen LogP contribution is 2.34. The summed E-state index contributed by atoms with van der Waals surface area (Å²) in [5, 5.41) is 5.71. The van der Waals surface area contributed by atoms with Gasteiger partial charge in [-0.25, -0.2) is 4.79 Å². The van der Waals surface area contributed by atoms with Crippen LogP contribution in [0.25, 0.3) is 0 Å². The Kier molecular flexibility index (Phi) is 12.1.